The molecule has 1 unspecified atom stereocenters. The molecular formula is C10H9F3O4. The van der Waals surface area contributed by atoms with Gasteiger partial charge < -0.3 is 14.9 Å². The van der Waals surface area contributed by atoms with Gasteiger partial charge in [0.05, 0.1) is 12.7 Å². The van der Waals surface area contributed by atoms with Gasteiger partial charge >= 0.3 is 12.1 Å². The van der Waals surface area contributed by atoms with Gasteiger partial charge in [0.25, 0.3) is 0 Å². The summed E-state index contributed by atoms with van der Waals surface area (Å²) in [6, 6.07) is 2.82. The Morgan fingerprint density at radius 2 is 2.00 bits per heavy atom. The lowest BCUT2D eigenvalue weighted by molar-refractivity contribution is -0.147. The molecule has 0 heterocycles. The molecule has 1 rings (SSSR count). The molecule has 0 aliphatic carbocycles. The second kappa shape index (κ2) is 4.62. The molecule has 0 radical (unpaired) electrons. The minimum absolute atomic E-state index is 0.435. The third-order valence-electron chi connectivity index (χ3n) is 2.08. The fourth-order valence-corrected chi connectivity index (χ4v) is 1.35. The van der Waals surface area contributed by atoms with E-state index in [1.54, 1.807) is 0 Å². The van der Waals surface area contributed by atoms with Gasteiger partial charge in [-0.25, -0.2) is 4.79 Å². The van der Waals surface area contributed by atoms with Crippen LogP contribution in [0.5, 0.6) is 5.75 Å². The lowest BCUT2D eigenvalue weighted by atomic mass is 10.0. The normalized spacial score (nSPS) is 13.2. The van der Waals surface area contributed by atoms with Crippen LogP contribution in [0.1, 0.15) is 17.2 Å². The lowest BCUT2D eigenvalue weighted by Crippen LogP contribution is -2.15. The van der Waals surface area contributed by atoms with Crippen molar-refractivity contribution in [3.8, 4) is 5.75 Å². The number of hydrogen-bond acceptors (Lipinski definition) is 3. The van der Waals surface area contributed by atoms with Crippen LogP contribution in [-0.4, -0.2) is 23.3 Å². The van der Waals surface area contributed by atoms with Gasteiger partial charge in [-0.2, -0.15) is 13.2 Å². The quantitative estimate of drug-likeness (QED) is 0.858. The van der Waals surface area contributed by atoms with E-state index >= 15 is 0 Å². The highest BCUT2D eigenvalue weighted by molar-refractivity contribution is 5.75. The van der Waals surface area contributed by atoms with E-state index in [4.69, 9.17) is 5.11 Å². The summed E-state index contributed by atoms with van der Waals surface area (Å²) in [6.45, 7) is 0. The molecule has 2 N–H and O–H groups in total. The highest BCUT2D eigenvalue weighted by Gasteiger charge is 2.36. The van der Waals surface area contributed by atoms with E-state index < -0.39 is 35.1 Å². The Labute approximate surface area is 94.3 Å². The molecule has 0 amide bonds. The Bertz CT molecular complexity index is 428. The molecule has 0 aliphatic rings. The third kappa shape index (κ3) is 2.68. The zero-order valence-corrected chi connectivity index (χ0v) is 8.65. The van der Waals surface area contributed by atoms with Crippen molar-refractivity contribution >= 4 is 5.97 Å². The number of aliphatic hydroxyl groups excluding tert-OH is 1. The number of halogens is 3. The van der Waals surface area contributed by atoms with Crippen molar-refractivity contribution in [2.24, 2.45) is 0 Å². The largest absolute Gasteiger partial charge is 0.496 e. The average Bonchev–Trinajstić information content (AvgIpc) is 2.25. The predicted molar refractivity (Wildman–Crippen MR) is 50.6 cm³/mol. The number of rotatable bonds is 3. The molecular weight excluding hydrogens is 241 g/mol. The predicted octanol–water partition coefficient (Wildman–Crippen LogP) is 1.83. The number of alkyl halides is 3. The summed E-state index contributed by atoms with van der Waals surface area (Å²) in [6.07, 6.45) is -6.74. The molecule has 17 heavy (non-hydrogen) atoms. The minimum Gasteiger partial charge on any atom is -0.496 e. The molecule has 1 aromatic rings. The van der Waals surface area contributed by atoms with Gasteiger partial charge in [0.1, 0.15) is 5.75 Å². The molecule has 0 fully saturated rings. The highest BCUT2D eigenvalue weighted by Crippen LogP contribution is 2.39. The summed E-state index contributed by atoms with van der Waals surface area (Å²) >= 11 is 0. The number of aliphatic carboxylic acids is 1. The third-order valence-corrected chi connectivity index (χ3v) is 2.08. The summed E-state index contributed by atoms with van der Waals surface area (Å²) in [5.41, 5.74) is -1.56. The molecule has 0 saturated carbocycles. The SMILES string of the molecule is COc1c(C(O)C(=O)O)cccc1C(F)(F)F. The van der Waals surface area contributed by atoms with Crippen LogP contribution in [0.3, 0.4) is 0 Å². The maximum absolute atomic E-state index is 12.6. The average molecular weight is 250 g/mol. The van der Waals surface area contributed by atoms with E-state index in [0.29, 0.717) is 0 Å². The van der Waals surface area contributed by atoms with Crippen LogP contribution < -0.4 is 4.74 Å². The fourth-order valence-electron chi connectivity index (χ4n) is 1.35. The van der Waals surface area contributed by atoms with Crippen LogP contribution in [0, 0.1) is 0 Å². The molecule has 0 bridgehead atoms. The van der Waals surface area contributed by atoms with Crippen molar-refractivity contribution < 1.29 is 32.9 Å². The number of ether oxygens (including phenoxy) is 1. The maximum Gasteiger partial charge on any atom is 0.419 e. The van der Waals surface area contributed by atoms with Crippen LogP contribution in [-0.2, 0) is 11.0 Å². The summed E-state index contributed by atoms with van der Waals surface area (Å²) in [4.78, 5) is 10.5. The Morgan fingerprint density at radius 1 is 1.41 bits per heavy atom. The number of carboxylic acid groups (broad SMARTS) is 1. The number of carboxylic acids is 1. The molecule has 0 aromatic heterocycles. The lowest BCUT2D eigenvalue weighted by Gasteiger charge is -2.16. The molecule has 94 valence electrons. The number of para-hydroxylation sites is 1. The first-order valence-corrected chi connectivity index (χ1v) is 4.44. The smallest absolute Gasteiger partial charge is 0.419 e. The van der Waals surface area contributed by atoms with Gasteiger partial charge in [0.15, 0.2) is 6.10 Å². The Kier molecular flexibility index (Phi) is 3.62. The summed E-state index contributed by atoms with van der Waals surface area (Å²) in [5.74, 6) is -2.34. The van der Waals surface area contributed by atoms with Gasteiger partial charge in [-0.05, 0) is 6.07 Å². The van der Waals surface area contributed by atoms with Crippen LogP contribution in [0.15, 0.2) is 18.2 Å². The summed E-state index contributed by atoms with van der Waals surface area (Å²) < 4.78 is 42.2. The zero-order valence-electron chi connectivity index (χ0n) is 8.65. The van der Waals surface area contributed by atoms with E-state index in [0.717, 1.165) is 25.3 Å². The zero-order chi connectivity index (χ0) is 13.2. The first kappa shape index (κ1) is 13.3. The van der Waals surface area contributed by atoms with Crippen LogP contribution >= 0.6 is 0 Å². The minimum atomic E-state index is -4.68. The molecule has 0 aliphatic heterocycles. The maximum atomic E-state index is 12.6. The van der Waals surface area contributed by atoms with Gasteiger partial charge in [-0.3, -0.25) is 0 Å². The van der Waals surface area contributed by atoms with Gasteiger partial charge in [0, 0.05) is 5.56 Å². The topological polar surface area (TPSA) is 66.8 Å². The van der Waals surface area contributed by atoms with E-state index in [9.17, 15) is 23.1 Å². The fraction of sp³-hybridized carbons (Fsp3) is 0.300. The standard InChI is InChI=1S/C10H9F3O4/c1-17-8-5(7(14)9(15)16)3-2-4-6(8)10(11,12)13/h2-4,7,14H,1H3,(H,15,16). The molecule has 1 aromatic carbocycles. The van der Waals surface area contributed by atoms with Crippen molar-refractivity contribution in [2.45, 2.75) is 12.3 Å². The first-order chi connectivity index (χ1) is 7.79. The van der Waals surface area contributed by atoms with Crippen LogP contribution in [0.25, 0.3) is 0 Å². The Balaban J connectivity index is 3.39. The van der Waals surface area contributed by atoms with Crippen molar-refractivity contribution in [1.82, 2.24) is 0 Å². The van der Waals surface area contributed by atoms with Gasteiger partial charge in [0.2, 0.25) is 0 Å². The highest BCUT2D eigenvalue weighted by atomic mass is 19.4. The van der Waals surface area contributed by atoms with E-state index in [1.807, 2.05) is 0 Å². The molecule has 4 nitrogen and oxygen atoms in total. The Hall–Kier alpha value is -1.76. The number of carbonyl (C=O) groups is 1. The summed E-state index contributed by atoms with van der Waals surface area (Å²) in [5, 5.41) is 17.8. The second-order valence-corrected chi connectivity index (χ2v) is 3.17. The van der Waals surface area contributed by atoms with Gasteiger partial charge in [-0.1, -0.05) is 12.1 Å². The number of aliphatic hydroxyl groups is 1. The molecule has 7 heteroatoms. The van der Waals surface area contributed by atoms with E-state index in [-0.39, 0.29) is 0 Å². The van der Waals surface area contributed by atoms with Crippen molar-refractivity contribution in [3.63, 3.8) is 0 Å². The van der Waals surface area contributed by atoms with Crippen molar-refractivity contribution in [2.75, 3.05) is 7.11 Å². The van der Waals surface area contributed by atoms with Crippen LogP contribution in [0.2, 0.25) is 0 Å². The van der Waals surface area contributed by atoms with E-state index in [1.165, 1.54) is 0 Å². The first-order valence-electron chi connectivity index (χ1n) is 4.44. The van der Waals surface area contributed by atoms with Crippen LogP contribution in [0.4, 0.5) is 13.2 Å². The molecule has 0 spiro atoms. The molecule has 1 atom stereocenters. The number of benzene rings is 1. The monoisotopic (exact) mass is 250 g/mol. The Morgan fingerprint density at radius 3 is 2.41 bits per heavy atom. The van der Waals surface area contributed by atoms with Crippen molar-refractivity contribution in [1.29, 1.82) is 0 Å². The number of hydrogen-bond donors (Lipinski definition) is 2. The molecule has 0 saturated heterocycles. The van der Waals surface area contributed by atoms with Gasteiger partial charge in [-0.15, -0.1) is 0 Å². The van der Waals surface area contributed by atoms with E-state index in [2.05, 4.69) is 4.74 Å². The summed E-state index contributed by atoms with van der Waals surface area (Å²) in [7, 11) is 0.975. The van der Waals surface area contributed by atoms with Crippen molar-refractivity contribution in [3.05, 3.63) is 29.3 Å². The second-order valence-electron chi connectivity index (χ2n) is 3.17. The number of methoxy groups -OCH3 is 1.